The van der Waals surface area contributed by atoms with Gasteiger partial charge in [-0.3, -0.25) is 0 Å². The van der Waals surface area contributed by atoms with E-state index in [9.17, 15) is 0 Å². The fraction of sp³-hybridized carbons (Fsp3) is 0.500. The van der Waals surface area contributed by atoms with Gasteiger partial charge in [-0.1, -0.05) is 40.9 Å². The summed E-state index contributed by atoms with van der Waals surface area (Å²) < 4.78 is 0. The van der Waals surface area contributed by atoms with Crippen LogP contribution in [0.4, 0.5) is 0 Å². The quantitative estimate of drug-likeness (QED) is 0.750. The molecule has 0 aliphatic heterocycles. The summed E-state index contributed by atoms with van der Waals surface area (Å²) >= 11 is 3.75. The molecule has 0 unspecified atom stereocenters. The van der Waals surface area contributed by atoms with E-state index in [1.807, 2.05) is 29.1 Å². The molecule has 3 nitrogen and oxygen atoms in total. The molecule has 1 saturated carbocycles. The Labute approximate surface area is 103 Å². The molecule has 1 aromatic heterocycles. The second kappa shape index (κ2) is 4.17. The van der Waals surface area contributed by atoms with Crippen molar-refractivity contribution in [3.63, 3.8) is 0 Å². The minimum absolute atomic E-state index is 0.418. The molecule has 1 fully saturated rings. The van der Waals surface area contributed by atoms with Gasteiger partial charge in [0.15, 0.2) is 0 Å². The van der Waals surface area contributed by atoms with Gasteiger partial charge in [-0.15, -0.1) is 0 Å². The second-order valence-electron chi connectivity index (χ2n) is 4.38. The van der Waals surface area contributed by atoms with Gasteiger partial charge < -0.3 is 0 Å². The highest BCUT2D eigenvalue weighted by atomic mass is 79.9. The molecule has 0 radical (unpaired) electrons. The molecule has 16 heavy (non-hydrogen) atoms. The van der Waals surface area contributed by atoms with Gasteiger partial charge >= 0.3 is 0 Å². The maximum absolute atomic E-state index is 4.56. The van der Waals surface area contributed by atoms with E-state index in [2.05, 4.69) is 26.1 Å². The lowest BCUT2D eigenvalue weighted by atomic mass is 9.96. The van der Waals surface area contributed by atoms with Crippen LogP contribution in [0.3, 0.4) is 0 Å². The molecule has 1 aliphatic rings. The Morgan fingerprint density at radius 3 is 2.31 bits per heavy atom. The first-order valence-corrected chi connectivity index (χ1v) is 6.72. The minimum atomic E-state index is 0.418. The predicted octanol–water partition coefficient (Wildman–Crippen LogP) is 3.31. The smallest absolute Gasteiger partial charge is 0.113 e. The predicted molar refractivity (Wildman–Crippen MR) is 67.7 cm³/mol. The van der Waals surface area contributed by atoms with Crippen molar-refractivity contribution in [2.75, 3.05) is 0 Å². The molecule has 4 heteroatoms. The maximum atomic E-state index is 4.56. The average molecular weight is 280 g/mol. The van der Waals surface area contributed by atoms with E-state index in [-0.39, 0.29) is 0 Å². The van der Waals surface area contributed by atoms with E-state index in [1.165, 1.54) is 25.7 Å². The lowest BCUT2D eigenvalue weighted by Crippen LogP contribution is -2.25. The molecule has 1 heterocycles. The van der Waals surface area contributed by atoms with Crippen LogP contribution in [-0.4, -0.2) is 19.8 Å². The highest BCUT2D eigenvalue weighted by Gasteiger charge is 2.26. The largest absolute Gasteiger partial charge is 0.179 e. The Kier molecular flexibility index (Phi) is 2.67. The molecule has 0 saturated heterocycles. The van der Waals surface area contributed by atoms with Crippen LogP contribution in [0, 0.1) is 0 Å². The Morgan fingerprint density at radius 2 is 1.69 bits per heavy atom. The molecule has 84 valence electrons. The summed E-state index contributed by atoms with van der Waals surface area (Å²) in [5, 5.41) is 9.12. The number of fused-ring (bicyclic) bond motifs is 1. The van der Waals surface area contributed by atoms with Gasteiger partial charge in [0.1, 0.15) is 11.0 Å². The van der Waals surface area contributed by atoms with E-state index in [4.69, 9.17) is 0 Å². The number of hydrogen-bond donors (Lipinski definition) is 0. The van der Waals surface area contributed by atoms with Crippen molar-refractivity contribution in [2.24, 2.45) is 0 Å². The molecule has 2 aromatic rings. The van der Waals surface area contributed by atoms with E-state index in [0.29, 0.717) is 10.9 Å². The van der Waals surface area contributed by atoms with Crippen LogP contribution < -0.4 is 0 Å². The number of benzene rings is 1. The Morgan fingerprint density at radius 1 is 1.06 bits per heavy atom. The fourth-order valence-electron chi connectivity index (χ4n) is 2.35. The molecule has 0 spiro atoms. The number of nitrogens with zero attached hydrogens (tertiary/aromatic N) is 3. The van der Waals surface area contributed by atoms with Crippen LogP contribution in [0.25, 0.3) is 11.0 Å². The maximum Gasteiger partial charge on any atom is 0.113 e. The Hall–Kier alpha value is -0.900. The lowest BCUT2D eigenvalue weighted by molar-refractivity contribution is 0.317. The van der Waals surface area contributed by atoms with Crippen molar-refractivity contribution in [2.45, 2.75) is 36.6 Å². The van der Waals surface area contributed by atoms with E-state index >= 15 is 0 Å². The zero-order valence-corrected chi connectivity index (χ0v) is 10.6. The number of alkyl halides is 1. The standard InChI is InChI=1S/C12H14BrN3/c13-9-5-1-4-8-12(9)16-14-10-6-2-3-7-11(10)15-16/h2-3,6-7,9,12H,1,4-5,8H2/t9-,12-/m1/s1. The van der Waals surface area contributed by atoms with Gasteiger partial charge in [0.05, 0.1) is 6.04 Å². The van der Waals surface area contributed by atoms with Gasteiger partial charge in [0, 0.05) is 4.83 Å². The molecule has 2 atom stereocenters. The van der Waals surface area contributed by atoms with Crippen LogP contribution in [0.1, 0.15) is 31.7 Å². The first kappa shape index (κ1) is 10.3. The van der Waals surface area contributed by atoms with Gasteiger partial charge in [-0.2, -0.15) is 15.0 Å². The van der Waals surface area contributed by atoms with Crippen molar-refractivity contribution >= 4 is 27.0 Å². The number of aromatic nitrogens is 3. The molecule has 0 bridgehead atoms. The van der Waals surface area contributed by atoms with Crippen molar-refractivity contribution < 1.29 is 0 Å². The third-order valence-corrected chi connectivity index (χ3v) is 4.31. The Bertz CT molecular complexity index is 461. The van der Waals surface area contributed by atoms with Crippen LogP contribution in [0.5, 0.6) is 0 Å². The first-order chi connectivity index (χ1) is 7.84. The zero-order valence-electron chi connectivity index (χ0n) is 9.01. The lowest BCUT2D eigenvalue weighted by Gasteiger charge is -2.26. The van der Waals surface area contributed by atoms with Crippen LogP contribution in [0.2, 0.25) is 0 Å². The topological polar surface area (TPSA) is 30.7 Å². The molecular weight excluding hydrogens is 266 g/mol. The SMILES string of the molecule is Br[C@@H]1CCCC[C@H]1n1nc2ccccc2n1. The molecule has 1 aliphatic carbocycles. The van der Waals surface area contributed by atoms with Crippen LogP contribution >= 0.6 is 15.9 Å². The third-order valence-electron chi connectivity index (χ3n) is 3.25. The number of hydrogen-bond acceptors (Lipinski definition) is 2. The molecule has 0 amide bonds. The minimum Gasteiger partial charge on any atom is -0.179 e. The molecule has 3 rings (SSSR count). The van der Waals surface area contributed by atoms with Crippen molar-refractivity contribution in [1.29, 1.82) is 0 Å². The summed E-state index contributed by atoms with van der Waals surface area (Å²) in [7, 11) is 0. The van der Waals surface area contributed by atoms with Crippen LogP contribution in [-0.2, 0) is 0 Å². The highest BCUT2D eigenvalue weighted by molar-refractivity contribution is 9.09. The molecule has 1 aromatic carbocycles. The second-order valence-corrected chi connectivity index (χ2v) is 5.55. The van der Waals surface area contributed by atoms with Gasteiger partial charge in [0.25, 0.3) is 0 Å². The van der Waals surface area contributed by atoms with Gasteiger partial charge in [-0.25, -0.2) is 0 Å². The van der Waals surface area contributed by atoms with Gasteiger partial charge in [-0.05, 0) is 25.0 Å². The summed E-state index contributed by atoms with van der Waals surface area (Å²) in [4.78, 5) is 2.42. The number of halogens is 1. The van der Waals surface area contributed by atoms with Gasteiger partial charge in [0.2, 0.25) is 0 Å². The summed E-state index contributed by atoms with van der Waals surface area (Å²) in [6, 6.07) is 8.47. The van der Waals surface area contributed by atoms with E-state index in [0.717, 1.165) is 11.0 Å². The summed E-state index contributed by atoms with van der Waals surface area (Å²) in [6.45, 7) is 0. The fourth-order valence-corrected chi connectivity index (χ4v) is 3.15. The van der Waals surface area contributed by atoms with Crippen molar-refractivity contribution in [3.8, 4) is 0 Å². The Balaban J connectivity index is 1.98. The van der Waals surface area contributed by atoms with Crippen molar-refractivity contribution in [3.05, 3.63) is 24.3 Å². The van der Waals surface area contributed by atoms with E-state index < -0.39 is 0 Å². The van der Waals surface area contributed by atoms with E-state index in [1.54, 1.807) is 0 Å². The van der Waals surface area contributed by atoms with Crippen LogP contribution in [0.15, 0.2) is 24.3 Å². The number of rotatable bonds is 1. The molecule has 0 N–H and O–H groups in total. The zero-order chi connectivity index (χ0) is 11.0. The monoisotopic (exact) mass is 279 g/mol. The summed E-state index contributed by atoms with van der Waals surface area (Å²) in [5.41, 5.74) is 1.99. The first-order valence-electron chi connectivity index (χ1n) is 5.80. The third kappa shape index (κ3) is 1.75. The highest BCUT2D eigenvalue weighted by Crippen LogP contribution is 2.33. The molecular formula is C12H14BrN3. The summed E-state index contributed by atoms with van der Waals surface area (Å²) in [5.74, 6) is 0. The normalized spacial score (nSPS) is 26.1. The summed E-state index contributed by atoms with van der Waals surface area (Å²) in [6.07, 6.45) is 5.00. The average Bonchev–Trinajstić information content (AvgIpc) is 2.73. The van der Waals surface area contributed by atoms with Crippen molar-refractivity contribution in [1.82, 2.24) is 15.0 Å².